The maximum Gasteiger partial charge on any atom is 0.146 e. The van der Waals surface area contributed by atoms with Gasteiger partial charge < -0.3 is 9.80 Å². The first-order chi connectivity index (χ1) is 7.72. The Morgan fingerprint density at radius 3 is 2.62 bits per heavy atom. The third kappa shape index (κ3) is 2.00. The molecular formula is C12H16N4. The molecule has 1 aromatic heterocycles. The van der Waals surface area contributed by atoms with Gasteiger partial charge in [0.05, 0.1) is 5.56 Å². The van der Waals surface area contributed by atoms with E-state index in [9.17, 15) is 0 Å². The summed E-state index contributed by atoms with van der Waals surface area (Å²) in [5, 5.41) is 9.15. The summed E-state index contributed by atoms with van der Waals surface area (Å²) >= 11 is 0. The molecule has 0 bridgehead atoms. The predicted molar refractivity (Wildman–Crippen MR) is 63.4 cm³/mol. The minimum Gasteiger partial charge on any atom is -0.353 e. The van der Waals surface area contributed by atoms with Crippen LogP contribution in [0.3, 0.4) is 0 Å². The lowest BCUT2D eigenvalue weighted by molar-refractivity contribution is 0.312. The fourth-order valence-corrected chi connectivity index (χ4v) is 1.94. The van der Waals surface area contributed by atoms with E-state index in [0.29, 0.717) is 5.56 Å². The van der Waals surface area contributed by atoms with Gasteiger partial charge in [-0.2, -0.15) is 5.26 Å². The molecule has 2 heterocycles. The second-order valence-electron chi connectivity index (χ2n) is 4.23. The number of rotatable bonds is 1. The minimum atomic E-state index is 0.715. The van der Waals surface area contributed by atoms with E-state index in [2.05, 4.69) is 27.9 Å². The third-order valence-corrected chi connectivity index (χ3v) is 3.05. The van der Waals surface area contributed by atoms with Gasteiger partial charge in [0.25, 0.3) is 0 Å². The summed E-state index contributed by atoms with van der Waals surface area (Å²) < 4.78 is 0. The molecule has 2 rings (SSSR count). The summed E-state index contributed by atoms with van der Waals surface area (Å²) in [7, 11) is 2.12. The molecule has 0 saturated carbocycles. The van der Waals surface area contributed by atoms with Crippen molar-refractivity contribution in [2.24, 2.45) is 0 Å². The first kappa shape index (κ1) is 10.9. The van der Waals surface area contributed by atoms with E-state index < -0.39 is 0 Å². The Kier molecular flexibility index (Phi) is 3.07. The number of pyridine rings is 1. The molecule has 84 valence electrons. The minimum absolute atomic E-state index is 0.715. The average Bonchev–Trinajstić information content (AvgIpc) is 2.30. The zero-order chi connectivity index (χ0) is 11.5. The topological polar surface area (TPSA) is 43.2 Å². The fourth-order valence-electron chi connectivity index (χ4n) is 1.94. The van der Waals surface area contributed by atoms with Crippen molar-refractivity contribution >= 4 is 5.82 Å². The summed E-state index contributed by atoms with van der Waals surface area (Å²) in [6.45, 7) is 5.91. The van der Waals surface area contributed by atoms with Crippen molar-refractivity contribution < 1.29 is 0 Å². The lowest BCUT2D eigenvalue weighted by Gasteiger charge is -2.33. The first-order valence-corrected chi connectivity index (χ1v) is 5.51. The number of aromatic nitrogens is 1. The van der Waals surface area contributed by atoms with E-state index in [1.54, 1.807) is 6.20 Å². The second kappa shape index (κ2) is 4.50. The fraction of sp³-hybridized carbons (Fsp3) is 0.500. The summed E-state index contributed by atoms with van der Waals surface area (Å²) in [5.74, 6) is 0.843. The van der Waals surface area contributed by atoms with Crippen molar-refractivity contribution in [2.45, 2.75) is 6.92 Å². The van der Waals surface area contributed by atoms with Crippen LogP contribution in [0.5, 0.6) is 0 Å². The molecule has 1 saturated heterocycles. The zero-order valence-electron chi connectivity index (χ0n) is 9.77. The van der Waals surface area contributed by atoms with Crippen LogP contribution in [0.1, 0.15) is 11.1 Å². The van der Waals surface area contributed by atoms with Gasteiger partial charge in [-0.05, 0) is 25.6 Å². The largest absolute Gasteiger partial charge is 0.353 e. The molecule has 0 spiro atoms. The number of nitriles is 1. The quantitative estimate of drug-likeness (QED) is 0.703. The Balaban J connectivity index is 2.27. The molecule has 1 aromatic rings. The molecule has 0 aliphatic carbocycles. The summed E-state index contributed by atoms with van der Waals surface area (Å²) in [5.41, 5.74) is 1.72. The SMILES string of the molecule is Cc1ccnc(N2CCN(C)CC2)c1C#N. The number of likely N-dealkylation sites (N-methyl/N-ethyl adjacent to an activating group) is 1. The molecule has 1 aliphatic heterocycles. The monoisotopic (exact) mass is 216 g/mol. The van der Waals surface area contributed by atoms with Crippen LogP contribution in [-0.4, -0.2) is 43.1 Å². The van der Waals surface area contributed by atoms with Gasteiger partial charge in [0.15, 0.2) is 0 Å². The highest BCUT2D eigenvalue weighted by Gasteiger charge is 2.18. The average molecular weight is 216 g/mol. The lowest BCUT2D eigenvalue weighted by atomic mass is 10.1. The van der Waals surface area contributed by atoms with Crippen molar-refractivity contribution in [1.82, 2.24) is 9.88 Å². The number of anilines is 1. The Labute approximate surface area is 96.1 Å². The smallest absolute Gasteiger partial charge is 0.146 e. The second-order valence-corrected chi connectivity index (χ2v) is 4.23. The van der Waals surface area contributed by atoms with Crippen molar-refractivity contribution in [3.05, 3.63) is 23.4 Å². The lowest BCUT2D eigenvalue weighted by Crippen LogP contribution is -2.45. The van der Waals surface area contributed by atoms with E-state index in [1.165, 1.54) is 0 Å². The normalized spacial score (nSPS) is 17.2. The van der Waals surface area contributed by atoms with Gasteiger partial charge in [-0.3, -0.25) is 0 Å². The van der Waals surface area contributed by atoms with Crippen LogP contribution >= 0.6 is 0 Å². The van der Waals surface area contributed by atoms with Crippen molar-refractivity contribution in [3.63, 3.8) is 0 Å². The number of hydrogen-bond acceptors (Lipinski definition) is 4. The van der Waals surface area contributed by atoms with Crippen LogP contribution in [0.4, 0.5) is 5.82 Å². The molecule has 16 heavy (non-hydrogen) atoms. The first-order valence-electron chi connectivity index (χ1n) is 5.51. The van der Waals surface area contributed by atoms with E-state index in [4.69, 9.17) is 5.26 Å². The Hall–Kier alpha value is -1.60. The van der Waals surface area contributed by atoms with Crippen LogP contribution in [-0.2, 0) is 0 Å². The van der Waals surface area contributed by atoms with Gasteiger partial charge in [0.2, 0.25) is 0 Å². The molecule has 0 radical (unpaired) electrons. The van der Waals surface area contributed by atoms with E-state index in [1.807, 2.05) is 13.0 Å². The number of piperazine rings is 1. The predicted octanol–water partition coefficient (Wildman–Crippen LogP) is 1.01. The molecule has 1 fully saturated rings. The Bertz CT molecular complexity index is 414. The van der Waals surface area contributed by atoms with Crippen LogP contribution < -0.4 is 4.90 Å². The molecule has 0 atom stereocenters. The highest BCUT2D eigenvalue weighted by Crippen LogP contribution is 2.20. The van der Waals surface area contributed by atoms with E-state index in [-0.39, 0.29) is 0 Å². The number of hydrogen-bond donors (Lipinski definition) is 0. The third-order valence-electron chi connectivity index (χ3n) is 3.05. The molecular weight excluding hydrogens is 200 g/mol. The zero-order valence-corrected chi connectivity index (χ0v) is 9.77. The van der Waals surface area contributed by atoms with Crippen molar-refractivity contribution in [2.75, 3.05) is 38.1 Å². The molecule has 0 aromatic carbocycles. The van der Waals surface area contributed by atoms with Gasteiger partial charge in [-0.15, -0.1) is 0 Å². The highest BCUT2D eigenvalue weighted by atomic mass is 15.3. The molecule has 0 N–H and O–H groups in total. The molecule has 0 amide bonds. The maximum absolute atomic E-state index is 9.15. The summed E-state index contributed by atoms with van der Waals surface area (Å²) in [6.07, 6.45) is 1.78. The van der Waals surface area contributed by atoms with E-state index in [0.717, 1.165) is 37.6 Å². The van der Waals surface area contributed by atoms with Crippen LogP contribution in [0.15, 0.2) is 12.3 Å². The van der Waals surface area contributed by atoms with Crippen molar-refractivity contribution in [3.8, 4) is 6.07 Å². The molecule has 4 nitrogen and oxygen atoms in total. The number of aryl methyl sites for hydroxylation is 1. The Morgan fingerprint density at radius 2 is 2.00 bits per heavy atom. The maximum atomic E-state index is 9.15. The van der Waals surface area contributed by atoms with E-state index >= 15 is 0 Å². The van der Waals surface area contributed by atoms with Gasteiger partial charge in [0, 0.05) is 32.4 Å². The molecule has 0 unspecified atom stereocenters. The van der Waals surface area contributed by atoms with Crippen LogP contribution in [0.2, 0.25) is 0 Å². The van der Waals surface area contributed by atoms with Gasteiger partial charge in [-0.25, -0.2) is 4.98 Å². The van der Waals surface area contributed by atoms with Crippen molar-refractivity contribution in [1.29, 1.82) is 5.26 Å². The van der Waals surface area contributed by atoms with Crippen LogP contribution in [0.25, 0.3) is 0 Å². The summed E-state index contributed by atoms with van der Waals surface area (Å²) in [4.78, 5) is 8.83. The highest BCUT2D eigenvalue weighted by molar-refractivity contribution is 5.57. The Morgan fingerprint density at radius 1 is 1.31 bits per heavy atom. The van der Waals surface area contributed by atoms with Gasteiger partial charge >= 0.3 is 0 Å². The standard InChI is InChI=1S/C12H16N4/c1-10-3-4-14-12(11(10)9-13)16-7-5-15(2)6-8-16/h3-4H,5-8H2,1-2H3. The molecule has 1 aliphatic rings. The number of nitrogens with zero attached hydrogens (tertiary/aromatic N) is 4. The molecule has 4 heteroatoms. The summed E-state index contributed by atoms with van der Waals surface area (Å²) in [6, 6.07) is 4.14. The van der Waals surface area contributed by atoms with Gasteiger partial charge in [0.1, 0.15) is 11.9 Å². The van der Waals surface area contributed by atoms with Crippen LogP contribution in [0, 0.1) is 18.3 Å². The van der Waals surface area contributed by atoms with Gasteiger partial charge in [-0.1, -0.05) is 0 Å².